The fourth-order valence-corrected chi connectivity index (χ4v) is 5.51. The molecule has 35 heavy (non-hydrogen) atoms. The quantitative estimate of drug-likeness (QED) is 0.522. The third-order valence-electron chi connectivity index (χ3n) is 7.51. The number of fused-ring (bicyclic) bond motifs is 1. The maximum atomic E-state index is 13.2. The van der Waals surface area contributed by atoms with Crippen LogP contribution in [0.1, 0.15) is 61.3 Å². The van der Waals surface area contributed by atoms with Crippen molar-refractivity contribution in [3.05, 3.63) is 88.9 Å². The molecular weight excluding hydrogens is 449 g/mol. The molecule has 0 bridgehead atoms. The van der Waals surface area contributed by atoms with E-state index in [-0.39, 0.29) is 12.1 Å². The number of nitrogens with zero attached hydrogens (tertiary/aromatic N) is 3. The third kappa shape index (κ3) is 4.44. The van der Waals surface area contributed by atoms with Gasteiger partial charge in [-0.1, -0.05) is 69.2 Å². The smallest absolute Gasteiger partial charge is 0.382 e. The Morgan fingerprint density at radius 3 is 2.40 bits per heavy atom. The molecule has 2 aromatic rings. The van der Waals surface area contributed by atoms with E-state index in [0.717, 1.165) is 34.5 Å². The number of aliphatic imine (C=N–C) groups is 1. The monoisotopic (exact) mass is 480 g/mol. The van der Waals surface area contributed by atoms with Crippen LogP contribution in [-0.2, 0) is 6.18 Å². The highest BCUT2D eigenvalue weighted by Crippen LogP contribution is 2.44. The van der Waals surface area contributed by atoms with Gasteiger partial charge in [-0.25, -0.2) is 4.99 Å². The van der Waals surface area contributed by atoms with Crippen LogP contribution in [0.15, 0.2) is 71.6 Å². The molecule has 184 valence electrons. The number of amidine groups is 1. The molecular formula is C28H31F3N4. The van der Waals surface area contributed by atoms with Gasteiger partial charge in [-0.3, -0.25) is 0 Å². The van der Waals surface area contributed by atoms with Crippen molar-refractivity contribution in [2.75, 3.05) is 7.05 Å². The van der Waals surface area contributed by atoms with Crippen molar-refractivity contribution in [1.82, 2.24) is 9.80 Å². The minimum absolute atomic E-state index is 0.162. The van der Waals surface area contributed by atoms with Crippen LogP contribution >= 0.6 is 0 Å². The molecule has 0 amide bonds. The summed E-state index contributed by atoms with van der Waals surface area (Å²) in [6, 6.07) is 13.6. The first-order valence-electron chi connectivity index (χ1n) is 12.2. The standard InChI is InChI=1S/C28H31F3N4/c1-17(15-19-7-8-19)27-34(3)24(25-26(32)33-13-14-35(25)27)21-11-9-20(10-12-21)18(2)22-5-4-6-23(16-22)28(29,30)31/h4-6,9-14,16-19,27H,7-8,15H2,1-3H3,(H2,32,33)/t17?,18-,27?/m0/s1. The van der Waals surface area contributed by atoms with Crippen molar-refractivity contribution in [2.45, 2.75) is 51.4 Å². The first kappa shape index (κ1) is 23.5. The fraction of sp³-hybridized carbons (Fsp3) is 0.393. The summed E-state index contributed by atoms with van der Waals surface area (Å²) in [5.74, 6) is 1.60. The molecule has 3 atom stereocenters. The van der Waals surface area contributed by atoms with Gasteiger partial charge in [0.2, 0.25) is 0 Å². The lowest BCUT2D eigenvalue weighted by molar-refractivity contribution is -0.137. The van der Waals surface area contributed by atoms with Crippen molar-refractivity contribution in [3.63, 3.8) is 0 Å². The Balaban J connectivity index is 1.44. The zero-order chi connectivity index (χ0) is 24.9. The molecule has 2 aromatic carbocycles. The Bertz CT molecular complexity index is 1190. The van der Waals surface area contributed by atoms with E-state index in [1.165, 1.54) is 31.4 Å². The van der Waals surface area contributed by atoms with Gasteiger partial charge in [0.15, 0.2) is 0 Å². The Labute approximate surface area is 204 Å². The predicted octanol–water partition coefficient (Wildman–Crippen LogP) is 6.38. The summed E-state index contributed by atoms with van der Waals surface area (Å²) in [6.07, 6.45) is 3.40. The van der Waals surface area contributed by atoms with Gasteiger partial charge in [-0.15, -0.1) is 0 Å². The molecule has 0 spiro atoms. The largest absolute Gasteiger partial charge is 0.416 e. The number of halogens is 3. The van der Waals surface area contributed by atoms with E-state index < -0.39 is 11.7 Å². The van der Waals surface area contributed by atoms with Gasteiger partial charge in [0, 0.05) is 30.9 Å². The van der Waals surface area contributed by atoms with E-state index in [0.29, 0.717) is 17.3 Å². The predicted molar refractivity (Wildman–Crippen MR) is 133 cm³/mol. The van der Waals surface area contributed by atoms with Gasteiger partial charge < -0.3 is 15.5 Å². The topological polar surface area (TPSA) is 44.9 Å². The second-order valence-corrected chi connectivity index (χ2v) is 10.1. The summed E-state index contributed by atoms with van der Waals surface area (Å²) in [6.45, 7) is 4.23. The average molecular weight is 481 g/mol. The Morgan fingerprint density at radius 2 is 1.74 bits per heavy atom. The van der Waals surface area contributed by atoms with Crippen molar-refractivity contribution in [1.29, 1.82) is 0 Å². The van der Waals surface area contributed by atoms with Crippen LogP contribution in [0.4, 0.5) is 13.2 Å². The zero-order valence-corrected chi connectivity index (χ0v) is 20.3. The third-order valence-corrected chi connectivity index (χ3v) is 7.51. The molecule has 1 fully saturated rings. The average Bonchev–Trinajstić information content (AvgIpc) is 3.59. The van der Waals surface area contributed by atoms with Gasteiger partial charge in [0.25, 0.3) is 0 Å². The molecule has 3 aliphatic rings. The molecule has 5 rings (SSSR count). The second-order valence-electron chi connectivity index (χ2n) is 10.1. The van der Waals surface area contributed by atoms with E-state index in [4.69, 9.17) is 5.73 Å². The first-order chi connectivity index (χ1) is 16.6. The molecule has 4 nitrogen and oxygen atoms in total. The maximum absolute atomic E-state index is 13.2. The lowest BCUT2D eigenvalue weighted by Crippen LogP contribution is -2.42. The van der Waals surface area contributed by atoms with Crippen molar-refractivity contribution in [2.24, 2.45) is 22.6 Å². The molecule has 2 heterocycles. The van der Waals surface area contributed by atoms with Crippen LogP contribution in [0.25, 0.3) is 5.70 Å². The fourth-order valence-electron chi connectivity index (χ4n) is 5.51. The SMILES string of the molecule is CC(CC1CC1)C1N(C)C(c2ccc([C@H](C)c3cccc(C(F)(F)F)c3)cc2)=C2C(N)=NC=CN21. The van der Waals surface area contributed by atoms with Gasteiger partial charge in [-0.05, 0) is 35.4 Å². The summed E-state index contributed by atoms with van der Waals surface area (Å²) in [7, 11) is 2.11. The van der Waals surface area contributed by atoms with E-state index in [9.17, 15) is 13.2 Å². The Hall–Kier alpha value is -3.22. The maximum Gasteiger partial charge on any atom is 0.416 e. The lowest BCUT2D eigenvalue weighted by Gasteiger charge is -2.35. The number of hydrogen-bond donors (Lipinski definition) is 1. The number of rotatable bonds is 6. The summed E-state index contributed by atoms with van der Waals surface area (Å²) in [4.78, 5) is 8.90. The summed E-state index contributed by atoms with van der Waals surface area (Å²) in [5, 5.41) is 0. The lowest BCUT2D eigenvalue weighted by atomic mass is 9.91. The van der Waals surface area contributed by atoms with Crippen LogP contribution < -0.4 is 5.73 Å². The van der Waals surface area contributed by atoms with Crippen LogP contribution in [0.5, 0.6) is 0 Å². The minimum Gasteiger partial charge on any atom is -0.382 e. The van der Waals surface area contributed by atoms with Crippen molar-refractivity contribution >= 4 is 11.5 Å². The summed E-state index contributed by atoms with van der Waals surface area (Å²) >= 11 is 0. The Morgan fingerprint density at radius 1 is 1.03 bits per heavy atom. The van der Waals surface area contributed by atoms with E-state index in [1.54, 1.807) is 12.3 Å². The molecule has 1 saturated carbocycles. The second kappa shape index (κ2) is 8.77. The zero-order valence-electron chi connectivity index (χ0n) is 20.3. The van der Waals surface area contributed by atoms with Crippen LogP contribution in [0.3, 0.4) is 0 Å². The molecule has 2 unspecified atom stereocenters. The molecule has 0 aromatic heterocycles. The Kier molecular flexibility index (Phi) is 5.90. The minimum atomic E-state index is -4.35. The summed E-state index contributed by atoms with van der Waals surface area (Å²) < 4.78 is 39.6. The highest BCUT2D eigenvalue weighted by atomic mass is 19.4. The molecule has 2 N–H and O–H groups in total. The molecule has 7 heteroatoms. The number of benzene rings is 2. The number of alkyl halides is 3. The highest BCUT2D eigenvalue weighted by molar-refractivity contribution is 6.05. The number of nitrogens with two attached hydrogens (primary N) is 1. The molecule has 0 saturated heterocycles. The molecule has 2 aliphatic heterocycles. The van der Waals surface area contributed by atoms with E-state index in [2.05, 4.69) is 28.8 Å². The van der Waals surface area contributed by atoms with Gasteiger partial charge in [0.1, 0.15) is 17.7 Å². The first-order valence-corrected chi connectivity index (χ1v) is 12.2. The molecule has 1 aliphatic carbocycles. The van der Waals surface area contributed by atoms with E-state index in [1.807, 2.05) is 37.4 Å². The highest BCUT2D eigenvalue weighted by Gasteiger charge is 2.42. The van der Waals surface area contributed by atoms with Gasteiger partial charge >= 0.3 is 6.18 Å². The normalized spacial score (nSPS) is 21.8. The van der Waals surface area contributed by atoms with Crippen molar-refractivity contribution in [3.8, 4) is 0 Å². The van der Waals surface area contributed by atoms with Crippen LogP contribution in [-0.4, -0.2) is 28.8 Å². The van der Waals surface area contributed by atoms with Crippen LogP contribution in [0, 0.1) is 11.8 Å². The van der Waals surface area contributed by atoms with Crippen LogP contribution in [0.2, 0.25) is 0 Å². The number of hydrogen-bond acceptors (Lipinski definition) is 4. The summed E-state index contributed by atoms with van der Waals surface area (Å²) in [5.41, 5.74) is 10.3. The van der Waals surface area contributed by atoms with Gasteiger partial charge in [0.05, 0.1) is 11.3 Å². The van der Waals surface area contributed by atoms with E-state index >= 15 is 0 Å². The van der Waals surface area contributed by atoms with Crippen molar-refractivity contribution < 1.29 is 13.2 Å². The molecule has 0 radical (unpaired) electrons. The van der Waals surface area contributed by atoms with Gasteiger partial charge in [-0.2, -0.15) is 13.2 Å².